The molecule has 0 aliphatic carbocycles. The summed E-state index contributed by atoms with van der Waals surface area (Å²) >= 11 is 2.52. The fourth-order valence-electron chi connectivity index (χ4n) is 0.609. The highest BCUT2D eigenvalue weighted by atomic mass is 32.2. The van der Waals surface area contributed by atoms with E-state index in [0.717, 1.165) is 17.1 Å². The van der Waals surface area contributed by atoms with Crippen LogP contribution in [0.15, 0.2) is 4.34 Å². The van der Waals surface area contributed by atoms with Crippen LogP contribution in [0.25, 0.3) is 0 Å². The number of carbonyl (C=O) groups is 2. The van der Waals surface area contributed by atoms with Crippen LogP contribution in [-0.4, -0.2) is 28.0 Å². The number of carbonyl (C=O) groups excluding carboxylic acids is 2. The number of esters is 1. The smallest absolute Gasteiger partial charge is 0.371 e. The molecule has 0 unspecified atom stereocenters. The van der Waals surface area contributed by atoms with Crippen LogP contribution in [0.3, 0.4) is 0 Å². The van der Waals surface area contributed by atoms with Gasteiger partial charge in [-0.15, -0.1) is 10.2 Å². The SMILES string of the molecule is CCSc1nnc(C(=O)OC(N)=O)s1. The summed E-state index contributed by atoms with van der Waals surface area (Å²) in [5.41, 5.74) is 4.67. The predicted octanol–water partition coefficient (Wildman–Crippen LogP) is 0.886. The predicted molar refractivity (Wildman–Crippen MR) is 51.3 cm³/mol. The van der Waals surface area contributed by atoms with Gasteiger partial charge < -0.3 is 10.5 Å². The second kappa shape index (κ2) is 4.91. The van der Waals surface area contributed by atoms with Gasteiger partial charge in [-0.05, 0) is 5.75 Å². The largest absolute Gasteiger partial charge is 0.412 e. The van der Waals surface area contributed by atoms with Crippen molar-refractivity contribution in [3.8, 4) is 0 Å². The molecule has 14 heavy (non-hydrogen) atoms. The molecule has 0 radical (unpaired) electrons. The molecule has 0 bridgehead atoms. The van der Waals surface area contributed by atoms with Gasteiger partial charge in [0, 0.05) is 0 Å². The fourth-order valence-corrected chi connectivity index (χ4v) is 2.23. The Morgan fingerprint density at radius 1 is 1.57 bits per heavy atom. The van der Waals surface area contributed by atoms with E-state index < -0.39 is 12.1 Å². The Hall–Kier alpha value is -1.15. The van der Waals surface area contributed by atoms with E-state index in [1.54, 1.807) is 0 Å². The molecule has 1 heterocycles. The molecule has 0 aliphatic rings. The van der Waals surface area contributed by atoms with E-state index in [9.17, 15) is 9.59 Å². The van der Waals surface area contributed by atoms with Gasteiger partial charge in [-0.3, -0.25) is 0 Å². The van der Waals surface area contributed by atoms with Crippen LogP contribution in [0.4, 0.5) is 4.79 Å². The Balaban J connectivity index is 2.66. The van der Waals surface area contributed by atoms with Crippen LogP contribution >= 0.6 is 23.1 Å². The van der Waals surface area contributed by atoms with Crippen molar-refractivity contribution in [1.29, 1.82) is 0 Å². The third-order valence-corrected chi connectivity index (χ3v) is 2.96. The first-order valence-corrected chi connectivity index (χ1v) is 5.41. The van der Waals surface area contributed by atoms with Gasteiger partial charge in [0.25, 0.3) is 0 Å². The van der Waals surface area contributed by atoms with Crippen LogP contribution in [0.5, 0.6) is 0 Å². The van der Waals surface area contributed by atoms with Gasteiger partial charge in [0.1, 0.15) is 0 Å². The molecule has 0 fully saturated rings. The number of ether oxygens (including phenoxy) is 1. The van der Waals surface area contributed by atoms with Crippen molar-refractivity contribution >= 4 is 35.2 Å². The standard InChI is InChI=1S/C6H7N3O3S2/c1-2-13-6-9-8-3(14-6)4(10)12-5(7)11/h2H2,1H3,(H2,7,11). The van der Waals surface area contributed by atoms with Crippen LogP contribution in [0.1, 0.15) is 16.7 Å². The molecule has 6 nitrogen and oxygen atoms in total. The van der Waals surface area contributed by atoms with Gasteiger partial charge in [0.05, 0.1) is 0 Å². The molecular formula is C6H7N3O3S2. The fraction of sp³-hybridized carbons (Fsp3) is 0.333. The quantitative estimate of drug-likeness (QED) is 0.473. The van der Waals surface area contributed by atoms with Crippen LogP contribution in [-0.2, 0) is 4.74 Å². The van der Waals surface area contributed by atoms with Crippen molar-refractivity contribution < 1.29 is 14.3 Å². The lowest BCUT2D eigenvalue weighted by Gasteiger charge is -1.92. The van der Waals surface area contributed by atoms with Crippen molar-refractivity contribution in [2.45, 2.75) is 11.3 Å². The van der Waals surface area contributed by atoms with Crippen molar-refractivity contribution in [2.75, 3.05) is 5.75 Å². The molecule has 0 atom stereocenters. The van der Waals surface area contributed by atoms with Crippen molar-refractivity contribution in [1.82, 2.24) is 10.2 Å². The lowest BCUT2D eigenvalue weighted by Crippen LogP contribution is -2.18. The maximum absolute atomic E-state index is 11.0. The summed E-state index contributed by atoms with van der Waals surface area (Å²) in [6.07, 6.45) is -1.14. The minimum Gasteiger partial charge on any atom is -0.371 e. The summed E-state index contributed by atoms with van der Waals surface area (Å²) in [4.78, 5) is 21.3. The van der Waals surface area contributed by atoms with E-state index in [1.807, 2.05) is 6.92 Å². The first-order chi connectivity index (χ1) is 6.63. The highest BCUT2D eigenvalue weighted by Gasteiger charge is 2.16. The summed E-state index contributed by atoms with van der Waals surface area (Å²) in [6.45, 7) is 1.95. The average molecular weight is 233 g/mol. The Morgan fingerprint density at radius 3 is 2.86 bits per heavy atom. The molecule has 1 aromatic rings. The van der Waals surface area contributed by atoms with Crippen molar-refractivity contribution in [3.05, 3.63) is 5.01 Å². The van der Waals surface area contributed by atoms with Gasteiger partial charge in [-0.25, -0.2) is 9.59 Å². The van der Waals surface area contributed by atoms with Crippen molar-refractivity contribution in [2.24, 2.45) is 5.73 Å². The summed E-state index contributed by atoms with van der Waals surface area (Å²) < 4.78 is 4.78. The Morgan fingerprint density at radius 2 is 2.29 bits per heavy atom. The summed E-state index contributed by atoms with van der Waals surface area (Å²) in [5, 5.41) is 7.29. The first-order valence-electron chi connectivity index (χ1n) is 3.61. The second-order valence-electron chi connectivity index (χ2n) is 2.01. The zero-order valence-corrected chi connectivity index (χ0v) is 8.85. The Kier molecular flexibility index (Phi) is 3.84. The number of primary amides is 1. The summed E-state index contributed by atoms with van der Waals surface area (Å²) in [5.74, 6) is -0.0302. The second-order valence-corrected chi connectivity index (χ2v) is 4.50. The van der Waals surface area contributed by atoms with Gasteiger partial charge in [0.15, 0.2) is 4.34 Å². The Labute approximate surface area is 87.8 Å². The molecule has 1 amide bonds. The zero-order chi connectivity index (χ0) is 10.6. The van der Waals surface area contributed by atoms with Gasteiger partial charge in [-0.1, -0.05) is 30.0 Å². The number of nitrogens with two attached hydrogens (primary N) is 1. The number of hydrogen-bond donors (Lipinski definition) is 1. The molecule has 1 aromatic heterocycles. The zero-order valence-electron chi connectivity index (χ0n) is 7.22. The molecule has 76 valence electrons. The van der Waals surface area contributed by atoms with Gasteiger partial charge >= 0.3 is 12.1 Å². The Bertz CT molecular complexity index is 352. The average Bonchev–Trinajstić information content (AvgIpc) is 2.52. The topological polar surface area (TPSA) is 95.2 Å². The van der Waals surface area contributed by atoms with Crippen molar-refractivity contribution in [3.63, 3.8) is 0 Å². The molecular weight excluding hydrogens is 226 g/mol. The number of rotatable bonds is 3. The molecule has 0 aromatic carbocycles. The van der Waals surface area contributed by atoms with E-state index >= 15 is 0 Å². The highest BCUT2D eigenvalue weighted by Crippen LogP contribution is 2.22. The lowest BCUT2D eigenvalue weighted by molar-refractivity contribution is 0.0637. The molecule has 0 saturated heterocycles. The van der Waals surface area contributed by atoms with Crippen LogP contribution < -0.4 is 5.73 Å². The maximum Gasteiger partial charge on any atom is 0.412 e. The molecule has 1 rings (SSSR count). The third kappa shape index (κ3) is 2.96. The molecule has 2 N–H and O–H groups in total. The third-order valence-electron chi connectivity index (χ3n) is 1.04. The molecule has 0 aliphatic heterocycles. The highest BCUT2D eigenvalue weighted by molar-refractivity contribution is 8.01. The monoisotopic (exact) mass is 233 g/mol. The van der Waals surface area contributed by atoms with E-state index in [-0.39, 0.29) is 5.01 Å². The number of aromatic nitrogens is 2. The maximum atomic E-state index is 11.0. The van der Waals surface area contributed by atoms with Crippen LogP contribution in [0.2, 0.25) is 0 Å². The number of thioether (sulfide) groups is 1. The van der Waals surface area contributed by atoms with E-state index in [1.165, 1.54) is 11.8 Å². The van der Waals surface area contributed by atoms with Crippen LogP contribution in [0, 0.1) is 0 Å². The molecule has 0 spiro atoms. The lowest BCUT2D eigenvalue weighted by atomic mass is 10.7. The van der Waals surface area contributed by atoms with E-state index in [0.29, 0.717) is 4.34 Å². The summed E-state index contributed by atoms with van der Waals surface area (Å²) in [7, 11) is 0. The molecule has 0 saturated carbocycles. The molecule has 8 heteroatoms. The number of nitrogens with zero attached hydrogens (tertiary/aromatic N) is 2. The van der Waals surface area contributed by atoms with Gasteiger partial charge in [0.2, 0.25) is 5.01 Å². The number of amides is 1. The number of hydrogen-bond acceptors (Lipinski definition) is 7. The minimum atomic E-state index is -1.14. The van der Waals surface area contributed by atoms with E-state index in [2.05, 4.69) is 20.7 Å². The van der Waals surface area contributed by atoms with E-state index in [4.69, 9.17) is 0 Å². The normalized spacial score (nSPS) is 9.79. The minimum absolute atomic E-state index is 0.0275. The summed E-state index contributed by atoms with van der Waals surface area (Å²) in [6, 6.07) is 0. The van der Waals surface area contributed by atoms with Gasteiger partial charge in [-0.2, -0.15) is 0 Å². The first kappa shape index (κ1) is 10.9.